The van der Waals surface area contributed by atoms with Gasteiger partial charge in [0, 0.05) is 6.04 Å². The minimum Gasteiger partial charge on any atom is -0.327 e. The Kier molecular flexibility index (Phi) is 2.53. The van der Waals surface area contributed by atoms with Gasteiger partial charge in [0.2, 0.25) is 0 Å². The van der Waals surface area contributed by atoms with Crippen molar-refractivity contribution < 1.29 is 0 Å². The van der Waals surface area contributed by atoms with Gasteiger partial charge in [0.15, 0.2) is 11.3 Å². The van der Waals surface area contributed by atoms with Gasteiger partial charge in [-0.1, -0.05) is 0 Å². The largest absolute Gasteiger partial charge is 0.327 e. The number of fused-ring (bicyclic) bond motifs is 1. The standard InChI is InChI=1S/C13H12N6/c1-9(2)18-8-15-7-12(18)11-3-4-13-16-6-10(5-14)19(13)17-11/h3-4,6-9H,1-2H3. The Morgan fingerprint density at radius 1 is 1.26 bits per heavy atom. The molecule has 0 amide bonds. The summed E-state index contributed by atoms with van der Waals surface area (Å²) in [4.78, 5) is 8.29. The summed E-state index contributed by atoms with van der Waals surface area (Å²) in [7, 11) is 0. The summed E-state index contributed by atoms with van der Waals surface area (Å²) in [5, 5.41) is 13.5. The van der Waals surface area contributed by atoms with E-state index in [4.69, 9.17) is 5.26 Å². The van der Waals surface area contributed by atoms with Crippen LogP contribution >= 0.6 is 0 Å². The van der Waals surface area contributed by atoms with Crippen molar-refractivity contribution in [3.63, 3.8) is 0 Å². The van der Waals surface area contributed by atoms with E-state index in [1.807, 2.05) is 16.7 Å². The van der Waals surface area contributed by atoms with Gasteiger partial charge >= 0.3 is 0 Å². The molecule has 94 valence electrons. The Morgan fingerprint density at radius 3 is 2.84 bits per heavy atom. The lowest BCUT2D eigenvalue weighted by Crippen LogP contribution is -2.04. The van der Waals surface area contributed by atoms with Crippen molar-refractivity contribution in [2.24, 2.45) is 0 Å². The van der Waals surface area contributed by atoms with Crippen molar-refractivity contribution in [2.45, 2.75) is 19.9 Å². The zero-order valence-corrected chi connectivity index (χ0v) is 10.6. The molecule has 0 atom stereocenters. The molecule has 19 heavy (non-hydrogen) atoms. The van der Waals surface area contributed by atoms with Crippen molar-refractivity contribution in [3.05, 3.63) is 36.5 Å². The Labute approximate surface area is 110 Å². The van der Waals surface area contributed by atoms with Gasteiger partial charge in [-0.2, -0.15) is 10.4 Å². The van der Waals surface area contributed by atoms with E-state index in [0.29, 0.717) is 17.4 Å². The van der Waals surface area contributed by atoms with E-state index >= 15 is 0 Å². The second kappa shape index (κ2) is 4.21. The van der Waals surface area contributed by atoms with E-state index in [2.05, 4.69) is 35.0 Å². The monoisotopic (exact) mass is 252 g/mol. The van der Waals surface area contributed by atoms with Crippen LogP contribution in [0.1, 0.15) is 25.6 Å². The normalized spacial score (nSPS) is 11.1. The Bertz CT molecular complexity index is 774. The Balaban J connectivity index is 2.20. The van der Waals surface area contributed by atoms with Crippen molar-refractivity contribution in [3.8, 4) is 17.5 Å². The van der Waals surface area contributed by atoms with Crippen molar-refractivity contribution in [2.75, 3.05) is 0 Å². The molecule has 3 rings (SSSR count). The van der Waals surface area contributed by atoms with Crippen LogP contribution in [0.25, 0.3) is 17.0 Å². The van der Waals surface area contributed by atoms with Crippen LogP contribution in [0, 0.1) is 11.3 Å². The van der Waals surface area contributed by atoms with Gasteiger partial charge in [-0.05, 0) is 26.0 Å². The molecule has 0 unspecified atom stereocenters. The van der Waals surface area contributed by atoms with Gasteiger partial charge in [0.1, 0.15) is 11.8 Å². The number of hydrogen-bond acceptors (Lipinski definition) is 4. The summed E-state index contributed by atoms with van der Waals surface area (Å²) in [6, 6.07) is 6.11. The predicted molar refractivity (Wildman–Crippen MR) is 69.3 cm³/mol. The first-order chi connectivity index (χ1) is 9.20. The average molecular weight is 252 g/mol. The van der Waals surface area contributed by atoms with E-state index in [0.717, 1.165) is 11.4 Å². The molecule has 0 fully saturated rings. The van der Waals surface area contributed by atoms with E-state index < -0.39 is 0 Å². The number of aromatic nitrogens is 5. The maximum absolute atomic E-state index is 9.02. The summed E-state index contributed by atoms with van der Waals surface area (Å²) in [6.45, 7) is 4.17. The van der Waals surface area contributed by atoms with E-state index in [-0.39, 0.29) is 0 Å². The second-order valence-electron chi connectivity index (χ2n) is 4.52. The number of imidazole rings is 2. The first kappa shape index (κ1) is 11.4. The zero-order chi connectivity index (χ0) is 13.4. The summed E-state index contributed by atoms with van der Waals surface area (Å²) < 4.78 is 3.59. The fourth-order valence-corrected chi connectivity index (χ4v) is 2.00. The highest BCUT2D eigenvalue weighted by atomic mass is 15.3. The molecule has 3 heterocycles. The molecule has 6 nitrogen and oxygen atoms in total. The highest BCUT2D eigenvalue weighted by Gasteiger charge is 2.11. The van der Waals surface area contributed by atoms with Gasteiger partial charge in [-0.25, -0.2) is 14.5 Å². The minimum atomic E-state index is 0.299. The number of nitriles is 1. The first-order valence-electron chi connectivity index (χ1n) is 5.98. The molecular weight excluding hydrogens is 240 g/mol. The molecule has 0 aliphatic carbocycles. The van der Waals surface area contributed by atoms with E-state index in [1.54, 1.807) is 17.0 Å². The predicted octanol–water partition coefficient (Wildman–Crippen LogP) is 2.05. The minimum absolute atomic E-state index is 0.299. The van der Waals surface area contributed by atoms with Crippen molar-refractivity contribution in [1.82, 2.24) is 24.1 Å². The van der Waals surface area contributed by atoms with Crippen molar-refractivity contribution >= 4 is 5.65 Å². The fraction of sp³-hybridized carbons (Fsp3) is 0.231. The molecule has 3 aromatic rings. The molecule has 0 saturated heterocycles. The molecule has 0 N–H and O–H groups in total. The van der Waals surface area contributed by atoms with Gasteiger partial charge in [0.05, 0.1) is 24.4 Å². The van der Waals surface area contributed by atoms with Crippen molar-refractivity contribution in [1.29, 1.82) is 5.26 Å². The SMILES string of the molecule is CC(C)n1cncc1-c1ccc2ncc(C#N)n2n1. The smallest absolute Gasteiger partial charge is 0.162 e. The van der Waals surface area contributed by atoms with Crippen LogP contribution in [0.3, 0.4) is 0 Å². The Morgan fingerprint density at radius 2 is 2.11 bits per heavy atom. The summed E-state index contributed by atoms with van der Waals surface area (Å²) in [6.07, 6.45) is 5.08. The van der Waals surface area contributed by atoms with Crippen LogP contribution in [0.5, 0.6) is 0 Å². The summed E-state index contributed by atoms with van der Waals surface area (Å²) in [5.41, 5.74) is 2.78. The van der Waals surface area contributed by atoms with Gasteiger partial charge in [-0.3, -0.25) is 0 Å². The van der Waals surface area contributed by atoms with Crippen LogP contribution < -0.4 is 0 Å². The lowest BCUT2D eigenvalue weighted by Gasteiger charge is -2.11. The summed E-state index contributed by atoms with van der Waals surface area (Å²) in [5.74, 6) is 0. The average Bonchev–Trinajstić information content (AvgIpc) is 3.04. The van der Waals surface area contributed by atoms with Crippen LogP contribution in [0.4, 0.5) is 0 Å². The van der Waals surface area contributed by atoms with Gasteiger partial charge in [0.25, 0.3) is 0 Å². The molecule has 6 heteroatoms. The lowest BCUT2D eigenvalue weighted by molar-refractivity contribution is 0.603. The lowest BCUT2D eigenvalue weighted by atomic mass is 10.3. The summed E-state index contributed by atoms with van der Waals surface area (Å²) >= 11 is 0. The topological polar surface area (TPSA) is 71.8 Å². The third-order valence-electron chi connectivity index (χ3n) is 2.96. The molecule has 0 radical (unpaired) electrons. The Hall–Kier alpha value is -2.68. The number of rotatable bonds is 2. The first-order valence-corrected chi connectivity index (χ1v) is 5.98. The molecule has 0 bridgehead atoms. The van der Waals surface area contributed by atoms with Gasteiger partial charge in [-0.15, -0.1) is 0 Å². The van der Waals surface area contributed by atoms with Crippen LogP contribution in [-0.4, -0.2) is 24.1 Å². The zero-order valence-electron chi connectivity index (χ0n) is 10.6. The highest BCUT2D eigenvalue weighted by molar-refractivity contribution is 5.56. The second-order valence-corrected chi connectivity index (χ2v) is 4.52. The quantitative estimate of drug-likeness (QED) is 0.699. The van der Waals surface area contributed by atoms with Gasteiger partial charge < -0.3 is 4.57 Å². The molecule has 0 aliphatic heterocycles. The van der Waals surface area contributed by atoms with Crippen LogP contribution in [0.15, 0.2) is 30.9 Å². The third-order valence-corrected chi connectivity index (χ3v) is 2.96. The number of hydrogen-bond donors (Lipinski definition) is 0. The van der Waals surface area contributed by atoms with E-state index in [1.165, 1.54) is 6.20 Å². The molecule has 3 aromatic heterocycles. The molecule has 0 aliphatic rings. The molecule has 0 aromatic carbocycles. The maximum Gasteiger partial charge on any atom is 0.162 e. The van der Waals surface area contributed by atoms with Crippen LogP contribution in [0.2, 0.25) is 0 Å². The third kappa shape index (κ3) is 1.76. The maximum atomic E-state index is 9.02. The highest BCUT2D eigenvalue weighted by Crippen LogP contribution is 2.20. The van der Waals surface area contributed by atoms with Crippen LogP contribution in [-0.2, 0) is 0 Å². The number of nitrogens with zero attached hydrogens (tertiary/aromatic N) is 6. The van der Waals surface area contributed by atoms with E-state index in [9.17, 15) is 0 Å². The fourth-order valence-electron chi connectivity index (χ4n) is 2.00. The molecule has 0 spiro atoms. The molecular formula is C13H12N6. The molecule has 0 saturated carbocycles.